The van der Waals surface area contributed by atoms with Gasteiger partial charge in [-0.05, 0) is 34.1 Å². The first kappa shape index (κ1) is 20.6. The molecule has 3 aromatic rings. The van der Waals surface area contributed by atoms with Gasteiger partial charge < -0.3 is 5.32 Å². The van der Waals surface area contributed by atoms with Gasteiger partial charge in [0.25, 0.3) is 11.6 Å². The van der Waals surface area contributed by atoms with Crippen molar-refractivity contribution in [3.63, 3.8) is 0 Å². The van der Waals surface area contributed by atoms with E-state index in [4.69, 9.17) is 0 Å². The van der Waals surface area contributed by atoms with Crippen molar-refractivity contribution in [2.24, 2.45) is 0 Å². The molecule has 0 saturated carbocycles. The van der Waals surface area contributed by atoms with Crippen molar-refractivity contribution in [1.29, 1.82) is 0 Å². The molecule has 12 nitrogen and oxygen atoms in total. The van der Waals surface area contributed by atoms with Gasteiger partial charge in [-0.2, -0.15) is 0 Å². The van der Waals surface area contributed by atoms with Crippen molar-refractivity contribution in [3.8, 4) is 0 Å². The second kappa shape index (κ2) is 8.91. The monoisotopic (exact) mass is 473 g/mol. The maximum absolute atomic E-state index is 12.3. The Morgan fingerprint density at radius 3 is 2.40 bits per heavy atom. The van der Waals surface area contributed by atoms with Crippen molar-refractivity contribution in [2.45, 2.75) is 0 Å². The Balaban J connectivity index is 1.85. The minimum atomic E-state index is -0.743. The smallest absolute Gasteiger partial charge is 0.334 e. The highest BCUT2D eigenvalue weighted by atomic mass is 79.9. The number of hydrogen-bond donors (Lipinski definition) is 3. The normalized spacial score (nSPS) is 10.2. The minimum Gasteiger partial charge on any atom is -0.334 e. The third-order valence-corrected chi connectivity index (χ3v) is 4.43. The summed E-state index contributed by atoms with van der Waals surface area (Å²) < 4.78 is 0.537. The van der Waals surface area contributed by atoms with Crippen LogP contribution >= 0.6 is 15.9 Å². The van der Waals surface area contributed by atoms with E-state index in [-0.39, 0.29) is 23.0 Å². The number of nitrogens with zero attached hydrogens (tertiary/aromatic N) is 4. The van der Waals surface area contributed by atoms with Gasteiger partial charge in [0, 0.05) is 22.3 Å². The molecule has 3 N–H and O–H groups in total. The van der Waals surface area contributed by atoms with Gasteiger partial charge >= 0.3 is 5.69 Å². The van der Waals surface area contributed by atoms with E-state index < -0.39 is 21.4 Å². The zero-order valence-corrected chi connectivity index (χ0v) is 16.5. The van der Waals surface area contributed by atoms with Crippen molar-refractivity contribution in [3.05, 3.63) is 85.1 Å². The SMILES string of the molecule is O=C(NNc1ncnc(Nc2cccc([N+](=O)[O-])c2)c1[N+](=O)[O-])c1ccccc1Br. The number of amides is 1. The van der Waals surface area contributed by atoms with E-state index in [0.717, 1.165) is 6.33 Å². The van der Waals surface area contributed by atoms with E-state index in [1.165, 1.54) is 24.3 Å². The summed E-state index contributed by atoms with van der Waals surface area (Å²) in [5.74, 6) is -1.04. The number of carbonyl (C=O) groups is 1. The van der Waals surface area contributed by atoms with E-state index in [2.05, 4.69) is 42.1 Å². The molecule has 0 aliphatic carbocycles. The van der Waals surface area contributed by atoms with Crippen molar-refractivity contribution >= 4 is 50.5 Å². The lowest BCUT2D eigenvalue weighted by Crippen LogP contribution is -2.30. The molecule has 0 radical (unpaired) electrons. The van der Waals surface area contributed by atoms with Crippen LogP contribution in [-0.4, -0.2) is 25.7 Å². The van der Waals surface area contributed by atoms with Gasteiger partial charge in [-0.15, -0.1) is 0 Å². The Kier molecular flexibility index (Phi) is 6.12. The molecular formula is C17H12BrN7O5. The number of nitrogens with one attached hydrogen (secondary N) is 3. The molecule has 3 rings (SSSR count). The Morgan fingerprint density at radius 2 is 1.70 bits per heavy atom. The molecular weight excluding hydrogens is 462 g/mol. The first-order valence-electron chi connectivity index (χ1n) is 8.18. The number of nitro groups is 2. The van der Waals surface area contributed by atoms with Crippen LogP contribution in [0.4, 0.5) is 28.7 Å². The number of hydrazine groups is 1. The second-order valence-corrected chi connectivity index (χ2v) is 6.52. The summed E-state index contributed by atoms with van der Waals surface area (Å²) in [5.41, 5.74) is 4.51. The highest BCUT2D eigenvalue weighted by molar-refractivity contribution is 9.10. The summed E-state index contributed by atoms with van der Waals surface area (Å²) in [5, 5.41) is 25.2. The van der Waals surface area contributed by atoms with Crippen LogP contribution in [0.5, 0.6) is 0 Å². The summed E-state index contributed by atoms with van der Waals surface area (Å²) in [7, 11) is 0. The molecule has 0 aliphatic rings. The van der Waals surface area contributed by atoms with Crippen molar-refractivity contribution in [1.82, 2.24) is 15.4 Å². The molecule has 0 fully saturated rings. The van der Waals surface area contributed by atoms with Crippen LogP contribution < -0.4 is 16.2 Å². The van der Waals surface area contributed by atoms with Crippen molar-refractivity contribution in [2.75, 3.05) is 10.7 Å². The van der Waals surface area contributed by atoms with E-state index in [9.17, 15) is 25.0 Å². The highest BCUT2D eigenvalue weighted by Crippen LogP contribution is 2.31. The number of carbonyl (C=O) groups excluding carboxylic acids is 1. The average molecular weight is 474 g/mol. The van der Waals surface area contributed by atoms with Crippen molar-refractivity contribution < 1.29 is 14.6 Å². The lowest BCUT2D eigenvalue weighted by molar-refractivity contribution is -0.384. The summed E-state index contributed by atoms with van der Waals surface area (Å²) >= 11 is 3.25. The fraction of sp³-hybridized carbons (Fsp3) is 0. The lowest BCUT2D eigenvalue weighted by Gasteiger charge is -2.11. The molecule has 30 heavy (non-hydrogen) atoms. The summed E-state index contributed by atoms with van der Waals surface area (Å²) in [6.45, 7) is 0. The second-order valence-electron chi connectivity index (χ2n) is 5.67. The van der Waals surface area contributed by atoms with Gasteiger partial charge in [-0.25, -0.2) is 9.97 Å². The van der Waals surface area contributed by atoms with Gasteiger partial charge in [0.2, 0.25) is 11.6 Å². The van der Waals surface area contributed by atoms with Crippen LogP contribution in [-0.2, 0) is 0 Å². The van der Waals surface area contributed by atoms with E-state index in [0.29, 0.717) is 10.0 Å². The van der Waals surface area contributed by atoms with Gasteiger partial charge in [0.15, 0.2) is 0 Å². The van der Waals surface area contributed by atoms with Crippen LogP contribution in [0.2, 0.25) is 0 Å². The first-order chi connectivity index (χ1) is 14.4. The third-order valence-electron chi connectivity index (χ3n) is 3.74. The summed E-state index contributed by atoms with van der Waals surface area (Å²) in [6.07, 6.45) is 1.04. The number of anilines is 3. The number of aromatic nitrogens is 2. The Morgan fingerprint density at radius 1 is 0.967 bits per heavy atom. The molecule has 1 aromatic heterocycles. The number of benzene rings is 2. The molecule has 0 aliphatic heterocycles. The maximum atomic E-state index is 12.3. The topological polar surface area (TPSA) is 165 Å². The van der Waals surface area contributed by atoms with Gasteiger partial charge in [-0.3, -0.25) is 35.9 Å². The Labute approximate surface area is 176 Å². The molecule has 152 valence electrons. The molecule has 0 bridgehead atoms. The minimum absolute atomic E-state index is 0.198. The molecule has 0 unspecified atom stereocenters. The number of halogens is 1. The number of hydrogen-bond acceptors (Lipinski definition) is 9. The quantitative estimate of drug-likeness (QED) is 0.343. The van der Waals surface area contributed by atoms with Crippen LogP contribution in [0.25, 0.3) is 0 Å². The standard InChI is InChI=1S/C17H12BrN7O5/c18-13-7-2-1-6-12(13)17(26)23-22-16-14(25(29)30)15(19-9-20-16)21-10-4-3-5-11(8-10)24(27)28/h1-9H,(H,23,26)(H2,19,20,21,22). The highest BCUT2D eigenvalue weighted by Gasteiger charge is 2.24. The number of nitro benzene ring substituents is 1. The fourth-order valence-corrected chi connectivity index (χ4v) is 2.86. The zero-order valence-electron chi connectivity index (χ0n) is 14.9. The van der Waals surface area contributed by atoms with Gasteiger partial charge in [0.05, 0.1) is 15.4 Å². The fourth-order valence-electron chi connectivity index (χ4n) is 2.40. The summed E-state index contributed by atoms with van der Waals surface area (Å²) in [6, 6.07) is 12.0. The average Bonchev–Trinajstić information content (AvgIpc) is 2.72. The largest absolute Gasteiger partial charge is 0.355 e. The number of rotatable bonds is 7. The van der Waals surface area contributed by atoms with E-state index in [1.807, 2.05) is 0 Å². The predicted molar refractivity (Wildman–Crippen MR) is 110 cm³/mol. The van der Waals surface area contributed by atoms with Gasteiger partial charge in [-0.1, -0.05) is 18.2 Å². The molecule has 1 heterocycles. The third kappa shape index (κ3) is 4.64. The Bertz CT molecular complexity index is 1140. The summed E-state index contributed by atoms with van der Waals surface area (Å²) in [4.78, 5) is 41.1. The predicted octanol–water partition coefficient (Wildman–Crippen LogP) is 3.56. The van der Waals surface area contributed by atoms with E-state index in [1.54, 1.807) is 24.3 Å². The first-order valence-corrected chi connectivity index (χ1v) is 8.98. The molecule has 0 spiro atoms. The van der Waals surface area contributed by atoms with Crippen LogP contribution in [0.15, 0.2) is 59.3 Å². The molecule has 1 amide bonds. The van der Waals surface area contributed by atoms with Crippen LogP contribution in [0.3, 0.4) is 0 Å². The molecule has 0 saturated heterocycles. The van der Waals surface area contributed by atoms with Gasteiger partial charge in [0.1, 0.15) is 6.33 Å². The maximum Gasteiger partial charge on any atom is 0.355 e. The zero-order chi connectivity index (χ0) is 21.7. The molecule has 2 aromatic carbocycles. The molecule has 0 atom stereocenters. The van der Waals surface area contributed by atoms with E-state index >= 15 is 0 Å². The van der Waals surface area contributed by atoms with Crippen LogP contribution in [0.1, 0.15) is 10.4 Å². The Hall–Kier alpha value is -4.13. The number of non-ortho nitro benzene ring substituents is 1. The van der Waals surface area contributed by atoms with Crippen LogP contribution in [0, 0.1) is 20.2 Å². The lowest BCUT2D eigenvalue weighted by atomic mass is 10.2. The molecule has 13 heteroatoms.